The molecule has 0 amide bonds. The van der Waals surface area contributed by atoms with E-state index in [4.69, 9.17) is 0 Å². The minimum atomic E-state index is -0.139. The number of aromatic amines is 1. The predicted octanol–water partition coefficient (Wildman–Crippen LogP) is 2.50. The van der Waals surface area contributed by atoms with Gasteiger partial charge in [0, 0.05) is 24.8 Å². The van der Waals surface area contributed by atoms with E-state index >= 15 is 0 Å². The third-order valence-electron chi connectivity index (χ3n) is 3.51. The third-order valence-corrected chi connectivity index (χ3v) is 4.44. The largest absolute Gasteiger partial charge is 0.374 e. The average Bonchev–Trinajstić information content (AvgIpc) is 2.76. The van der Waals surface area contributed by atoms with Gasteiger partial charge in [-0.3, -0.25) is 4.79 Å². The lowest BCUT2D eigenvalue weighted by Crippen LogP contribution is -2.12. The zero-order chi connectivity index (χ0) is 13.6. The summed E-state index contributed by atoms with van der Waals surface area (Å²) >= 11 is 3.23. The molecule has 2 heterocycles. The topological polar surface area (TPSA) is 49.0 Å². The summed E-state index contributed by atoms with van der Waals surface area (Å²) in [5.74, 6) is 0.628. The van der Waals surface area contributed by atoms with E-state index < -0.39 is 0 Å². The van der Waals surface area contributed by atoms with E-state index in [0.717, 1.165) is 18.5 Å². The summed E-state index contributed by atoms with van der Waals surface area (Å²) in [7, 11) is 2.09. The molecule has 0 spiro atoms. The molecule has 2 aromatic rings. The van der Waals surface area contributed by atoms with Gasteiger partial charge >= 0.3 is 0 Å². The number of hydrogen-bond acceptors (Lipinski definition) is 3. The lowest BCUT2D eigenvalue weighted by atomic mass is 10.1. The Morgan fingerprint density at radius 2 is 2.21 bits per heavy atom. The molecule has 0 aliphatic carbocycles. The number of anilines is 1. The number of halogens is 1. The van der Waals surface area contributed by atoms with Gasteiger partial charge in [0.2, 0.25) is 0 Å². The number of benzene rings is 1. The highest BCUT2D eigenvalue weighted by Gasteiger charge is 2.16. The van der Waals surface area contributed by atoms with Crippen LogP contribution in [0, 0.1) is 6.92 Å². The Kier molecular flexibility index (Phi) is 2.93. The molecular weight excluding hydrogens is 306 g/mol. The minimum absolute atomic E-state index is 0.139. The van der Waals surface area contributed by atoms with Crippen LogP contribution in [0.5, 0.6) is 0 Å². The van der Waals surface area contributed by atoms with Crippen molar-refractivity contribution in [2.24, 2.45) is 0 Å². The molecule has 0 saturated carbocycles. The first-order valence-electron chi connectivity index (χ1n) is 6.17. The van der Waals surface area contributed by atoms with E-state index in [1.54, 1.807) is 0 Å². The Balaban J connectivity index is 2.11. The van der Waals surface area contributed by atoms with Crippen LogP contribution in [0.2, 0.25) is 0 Å². The lowest BCUT2D eigenvalue weighted by molar-refractivity contribution is 0.956. The molecule has 4 nitrogen and oxygen atoms in total. The summed E-state index contributed by atoms with van der Waals surface area (Å²) in [6.07, 6.45) is 1.04. The van der Waals surface area contributed by atoms with Gasteiger partial charge < -0.3 is 9.88 Å². The minimum Gasteiger partial charge on any atom is -0.374 e. The molecule has 0 fully saturated rings. The van der Waals surface area contributed by atoms with E-state index in [9.17, 15) is 4.79 Å². The predicted molar refractivity (Wildman–Crippen MR) is 79.7 cm³/mol. The molecule has 1 aliphatic rings. The van der Waals surface area contributed by atoms with Crippen molar-refractivity contribution in [3.8, 4) is 11.4 Å². The van der Waals surface area contributed by atoms with Crippen molar-refractivity contribution in [3.05, 3.63) is 44.3 Å². The molecule has 0 bridgehead atoms. The first-order valence-corrected chi connectivity index (χ1v) is 6.96. The maximum Gasteiger partial charge on any atom is 0.265 e. The average molecular weight is 320 g/mol. The van der Waals surface area contributed by atoms with Crippen LogP contribution in [0.3, 0.4) is 0 Å². The highest BCUT2D eigenvalue weighted by molar-refractivity contribution is 9.10. The molecule has 0 saturated heterocycles. The first kappa shape index (κ1) is 12.4. The fraction of sp³-hybridized carbons (Fsp3) is 0.286. The molecule has 19 heavy (non-hydrogen) atoms. The van der Waals surface area contributed by atoms with E-state index in [2.05, 4.69) is 50.0 Å². The van der Waals surface area contributed by atoms with Gasteiger partial charge in [0.1, 0.15) is 10.3 Å². The zero-order valence-electron chi connectivity index (χ0n) is 10.8. The van der Waals surface area contributed by atoms with Crippen molar-refractivity contribution in [2.45, 2.75) is 13.3 Å². The summed E-state index contributed by atoms with van der Waals surface area (Å²) < 4.78 is 0.497. The zero-order valence-corrected chi connectivity index (χ0v) is 12.4. The molecule has 1 aromatic carbocycles. The van der Waals surface area contributed by atoms with Crippen molar-refractivity contribution < 1.29 is 0 Å². The van der Waals surface area contributed by atoms with Gasteiger partial charge in [-0.25, -0.2) is 4.98 Å². The van der Waals surface area contributed by atoms with Gasteiger partial charge in [-0.05, 0) is 53.0 Å². The second-order valence-corrected chi connectivity index (χ2v) is 5.62. The number of nitrogens with one attached hydrogen (secondary N) is 1. The van der Waals surface area contributed by atoms with Crippen molar-refractivity contribution in [3.63, 3.8) is 0 Å². The van der Waals surface area contributed by atoms with Crippen LogP contribution in [-0.4, -0.2) is 23.6 Å². The summed E-state index contributed by atoms with van der Waals surface area (Å²) in [6, 6.07) is 6.21. The number of aromatic nitrogens is 2. The maximum absolute atomic E-state index is 11.8. The summed E-state index contributed by atoms with van der Waals surface area (Å²) in [6.45, 7) is 2.87. The van der Waals surface area contributed by atoms with E-state index in [0.29, 0.717) is 16.0 Å². The van der Waals surface area contributed by atoms with Crippen molar-refractivity contribution >= 4 is 21.6 Å². The molecule has 0 atom stereocenters. The number of rotatable bonds is 1. The second kappa shape index (κ2) is 4.49. The standard InChI is InChI=1S/C14H14BrN3O/c1-8-12(15)14(19)17-13(16-8)10-3-4-11-9(7-10)5-6-18(11)2/h3-4,7H,5-6H2,1-2H3,(H,16,17,19). The summed E-state index contributed by atoms with van der Waals surface area (Å²) in [5.41, 5.74) is 4.10. The molecule has 0 unspecified atom stereocenters. The number of aryl methyl sites for hydroxylation is 1. The number of likely N-dealkylation sites (N-methyl/N-ethyl adjacent to an activating group) is 1. The van der Waals surface area contributed by atoms with E-state index in [-0.39, 0.29) is 5.56 Å². The Bertz CT molecular complexity index is 708. The highest BCUT2D eigenvalue weighted by Crippen LogP contribution is 2.30. The second-order valence-electron chi connectivity index (χ2n) is 4.83. The quantitative estimate of drug-likeness (QED) is 0.878. The molecule has 1 aliphatic heterocycles. The Hall–Kier alpha value is -1.62. The molecular formula is C14H14BrN3O. The fourth-order valence-electron chi connectivity index (χ4n) is 2.42. The van der Waals surface area contributed by atoms with Gasteiger partial charge in [-0.1, -0.05) is 0 Å². The Morgan fingerprint density at radius 3 is 2.95 bits per heavy atom. The number of fused-ring (bicyclic) bond motifs is 1. The maximum atomic E-state index is 11.8. The van der Waals surface area contributed by atoms with Gasteiger partial charge in [-0.2, -0.15) is 0 Å². The van der Waals surface area contributed by atoms with Crippen LogP contribution < -0.4 is 10.5 Å². The molecule has 3 rings (SSSR count). The Morgan fingerprint density at radius 1 is 1.42 bits per heavy atom. The molecule has 1 N–H and O–H groups in total. The number of hydrogen-bond donors (Lipinski definition) is 1. The van der Waals surface area contributed by atoms with Crippen LogP contribution in [0.25, 0.3) is 11.4 Å². The van der Waals surface area contributed by atoms with Crippen molar-refractivity contribution in [1.29, 1.82) is 0 Å². The van der Waals surface area contributed by atoms with Crippen LogP contribution in [-0.2, 0) is 6.42 Å². The SMILES string of the molecule is Cc1nc(-c2ccc3c(c2)CCN3C)[nH]c(=O)c1Br. The number of nitrogens with zero attached hydrogens (tertiary/aromatic N) is 2. The van der Waals surface area contributed by atoms with E-state index in [1.165, 1.54) is 11.3 Å². The summed E-state index contributed by atoms with van der Waals surface area (Å²) in [5, 5.41) is 0. The van der Waals surface area contributed by atoms with E-state index in [1.807, 2.05) is 13.0 Å². The van der Waals surface area contributed by atoms with Gasteiger partial charge in [-0.15, -0.1) is 0 Å². The fourth-order valence-corrected chi connectivity index (χ4v) is 2.61. The molecule has 0 radical (unpaired) electrons. The van der Waals surface area contributed by atoms with Crippen LogP contribution in [0.4, 0.5) is 5.69 Å². The Labute approximate surface area is 119 Å². The van der Waals surface area contributed by atoms with Crippen LogP contribution in [0.1, 0.15) is 11.3 Å². The van der Waals surface area contributed by atoms with Crippen molar-refractivity contribution in [2.75, 3.05) is 18.5 Å². The van der Waals surface area contributed by atoms with Crippen LogP contribution >= 0.6 is 15.9 Å². The third kappa shape index (κ3) is 2.08. The molecule has 5 heteroatoms. The number of H-pyrrole nitrogens is 1. The van der Waals surface area contributed by atoms with Gasteiger partial charge in [0.05, 0.1) is 5.69 Å². The van der Waals surface area contributed by atoms with Crippen molar-refractivity contribution in [1.82, 2.24) is 9.97 Å². The normalized spacial score (nSPS) is 13.7. The van der Waals surface area contributed by atoms with Gasteiger partial charge in [0.15, 0.2) is 0 Å². The highest BCUT2D eigenvalue weighted by atomic mass is 79.9. The smallest absolute Gasteiger partial charge is 0.265 e. The first-order chi connectivity index (χ1) is 9.06. The molecule has 1 aromatic heterocycles. The lowest BCUT2D eigenvalue weighted by Gasteiger charge is -2.12. The van der Waals surface area contributed by atoms with Crippen LogP contribution in [0.15, 0.2) is 27.5 Å². The summed E-state index contributed by atoms with van der Waals surface area (Å²) in [4.78, 5) is 21.2. The van der Waals surface area contributed by atoms with Gasteiger partial charge in [0.25, 0.3) is 5.56 Å². The molecule has 98 valence electrons. The monoisotopic (exact) mass is 319 g/mol.